The first kappa shape index (κ1) is 29.7. The number of carbonyl (C=O) groups is 2. The van der Waals surface area contributed by atoms with Gasteiger partial charge in [0, 0.05) is 49.3 Å². The Morgan fingerprint density at radius 1 is 0.837 bits per heavy atom. The molecule has 0 spiro atoms. The van der Waals surface area contributed by atoms with Crippen LogP contribution < -0.4 is 15.5 Å². The van der Waals surface area contributed by atoms with Gasteiger partial charge in [-0.05, 0) is 50.2 Å². The molecule has 2 N–H and O–H groups in total. The molecule has 1 aliphatic heterocycles. The summed E-state index contributed by atoms with van der Waals surface area (Å²) in [7, 11) is 0. The zero-order chi connectivity index (χ0) is 30.9. The second-order valence-corrected chi connectivity index (χ2v) is 11.7. The molecule has 43 heavy (non-hydrogen) atoms. The van der Waals surface area contributed by atoms with Crippen molar-refractivity contribution in [2.24, 2.45) is 0 Å². The highest BCUT2D eigenvalue weighted by atomic mass is 19.1. The lowest BCUT2D eigenvalue weighted by Gasteiger charge is -2.35. The van der Waals surface area contributed by atoms with Crippen LogP contribution in [0.1, 0.15) is 48.1 Å². The van der Waals surface area contributed by atoms with Gasteiger partial charge in [-0.25, -0.2) is 23.2 Å². The van der Waals surface area contributed by atoms with Crippen molar-refractivity contribution in [2.45, 2.75) is 40.0 Å². The molecule has 2 aromatic carbocycles. The molecular formula is C32H35F2N7O2. The van der Waals surface area contributed by atoms with Gasteiger partial charge < -0.3 is 15.1 Å². The van der Waals surface area contributed by atoms with Crippen LogP contribution in [-0.2, 0) is 5.41 Å². The van der Waals surface area contributed by atoms with E-state index in [0.717, 1.165) is 35.1 Å². The molecule has 1 saturated heterocycles. The van der Waals surface area contributed by atoms with Crippen LogP contribution in [0.3, 0.4) is 0 Å². The Morgan fingerprint density at radius 3 is 2.09 bits per heavy atom. The van der Waals surface area contributed by atoms with Crippen molar-refractivity contribution in [1.29, 1.82) is 0 Å². The minimum atomic E-state index is -0.782. The summed E-state index contributed by atoms with van der Waals surface area (Å²) >= 11 is 0. The van der Waals surface area contributed by atoms with Crippen LogP contribution in [0, 0.1) is 25.5 Å². The predicted octanol–water partition coefficient (Wildman–Crippen LogP) is 6.07. The maximum Gasteiger partial charge on any atom is 0.324 e. The average molecular weight is 588 g/mol. The summed E-state index contributed by atoms with van der Waals surface area (Å²) in [5.41, 5.74) is 3.77. The number of rotatable bonds is 5. The highest BCUT2D eigenvalue weighted by Gasteiger charge is 2.25. The van der Waals surface area contributed by atoms with Gasteiger partial charge in [-0.15, -0.1) is 0 Å². The lowest BCUT2D eigenvalue weighted by atomic mass is 9.92. The van der Waals surface area contributed by atoms with Crippen molar-refractivity contribution in [3.05, 3.63) is 94.8 Å². The molecule has 1 aliphatic rings. The number of carbonyl (C=O) groups excluding carboxylic acids is 2. The summed E-state index contributed by atoms with van der Waals surface area (Å²) in [4.78, 5) is 34.1. The maximum atomic E-state index is 13.6. The topological polar surface area (TPSA) is 95.4 Å². The zero-order valence-corrected chi connectivity index (χ0v) is 24.9. The summed E-state index contributed by atoms with van der Waals surface area (Å²) in [6.07, 6.45) is 0. The highest BCUT2D eigenvalue weighted by Crippen LogP contribution is 2.27. The van der Waals surface area contributed by atoms with E-state index in [0.29, 0.717) is 49.2 Å². The number of piperazine rings is 1. The molecular weight excluding hydrogens is 552 g/mol. The third-order valence-corrected chi connectivity index (χ3v) is 7.32. The Bertz CT molecular complexity index is 1630. The standard InChI is InChI=1S/C32H35F2N7O2/c1-20-6-8-25(9-7-20)41-29(19-27(38-41)32(3,4)5)37-31(43)36-26-10-11-28(35-21(26)2)39-12-14-40(15-13-39)30(42)22-16-23(33)18-24(34)17-22/h6-11,16-19H,12-15H2,1-5H3,(H2,36,37,43). The second-order valence-electron chi connectivity index (χ2n) is 11.7. The second kappa shape index (κ2) is 11.8. The number of aryl methyl sites for hydroxylation is 2. The van der Waals surface area contributed by atoms with E-state index < -0.39 is 23.6 Å². The SMILES string of the molecule is Cc1ccc(-n2nc(C(C)(C)C)cc2NC(=O)Nc2ccc(N3CCN(C(=O)c4cc(F)cc(F)c4)CC3)nc2C)cc1. The number of nitrogens with zero attached hydrogens (tertiary/aromatic N) is 5. The Morgan fingerprint density at radius 2 is 1.49 bits per heavy atom. The van der Waals surface area contributed by atoms with E-state index in [-0.39, 0.29) is 11.0 Å². The molecule has 5 rings (SSSR count). The first-order valence-electron chi connectivity index (χ1n) is 14.1. The number of halogens is 2. The fourth-order valence-corrected chi connectivity index (χ4v) is 4.84. The van der Waals surface area contributed by atoms with Crippen molar-refractivity contribution < 1.29 is 18.4 Å². The number of urea groups is 1. The van der Waals surface area contributed by atoms with Gasteiger partial charge in [0.05, 0.1) is 22.8 Å². The average Bonchev–Trinajstić information content (AvgIpc) is 3.38. The molecule has 9 nitrogen and oxygen atoms in total. The van der Waals surface area contributed by atoms with E-state index in [2.05, 4.69) is 36.4 Å². The van der Waals surface area contributed by atoms with Gasteiger partial charge in [-0.1, -0.05) is 38.5 Å². The molecule has 0 radical (unpaired) electrons. The van der Waals surface area contributed by atoms with Gasteiger partial charge in [-0.3, -0.25) is 10.1 Å². The minimum absolute atomic E-state index is 0.00910. The maximum absolute atomic E-state index is 13.6. The van der Waals surface area contributed by atoms with E-state index in [9.17, 15) is 18.4 Å². The van der Waals surface area contributed by atoms with Crippen LogP contribution in [0.25, 0.3) is 5.69 Å². The first-order valence-corrected chi connectivity index (χ1v) is 14.1. The Balaban J connectivity index is 1.24. The van der Waals surface area contributed by atoms with Gasteiger partial charge in [-0.2, -0.15) is 5.10 Å². The van der Waals surface area contributed by atoms with Crippen molar-refractivity contribution >= 4 is 29.3 Å². The van der Waals surface area contributed by atoms with Crippen molar-refractivity contribution in [3.63, 3.8) is 0 Å². The van der Waals surface area contributed by atoms with Crippen molar-refractivity contribution in [3.8, 4) is 5.69 Å². The van der Waals surface area contributed by atoms with Crippen LogP contribution in [0.15, 0.2) is 60.7 Å². The molecule has 0 saturated carbocycles. The van der Waals surface area contributed by atoms with E-state index in [4.69, 9.17) is 5.10 Å². The third-order valence-electron chi connectivity index (χ3n) is 7.32. The molecule has 0 bridgehead atoms. The van der Waals surface area contributed by atoms with Crippen LogP contribution in [0.4, 0.5) is 30.9 Å². The number of aromatic nitrogens is 3. The minimum Gasteiger partial charge on any atom is -0.353 e. The Labute approximate surface area is 249 Å². The molecule has 3 heterocycles. The van der Waals surface area contributed by atoms with Gasteiger partial charge in [0.25, 0.3) is 5.91 Å². The molecule has 3 amide bonds. The molecule has 4 aromatic rings. The van der Waals surface area contributed by atoms with Crippen molar-refractivity contribution in [2.75, 3.05) is 41.7 Å². The smallest absolute Gasteiger partial charge is 0.324 e. The molecule has 0 atom stereocenters. The van der Waals surface area contributed by atoms with Crippen molar-refractivity contribution in [1.82, 2.24) is 19.7 Å². The van der Waals surface area contributed by atoms with Crippen LogP contribution in [-0.4, -0.2) is 57.8 Å². The lowest BCUT2D eigenvalue weighted by Crippen LogP contribution is -2.49. The normalized spacial score (nSPS) is 13.7. The predicted molar refractivity (Wildman–Crippen MR) is 163 cm³/mol. The highest BCUT2D eigenvalue weighted by molar-refractivity contribution is 6.00. The number of hydrogen-bond acceptors (Lipinski definition) is 5. The molecule has 11 heteroatoms. The van der Waals surface area contributed by atoms with Gasteiger partial charge in [0.15, 0.2) is 0 Å². The van der Waals surface area contributed by atoms with Gasteiger partial charge >= 0.3 is 6.03 Å². The van der Waals surface area contributed by atoms with E-state index in [1.54, 1.807) is 15.6 Å². The monoisotopic (exact) mass is 587 g/mol. The van der Waals surface area contributed by atoms with Gasteiger partial charge in [0.2, 0.25) is 0 Å². The largest absolute Gasteiger partial charge is 0.353 e. The fourth-order valence-electron chi connectivity index (χ4n) is 4.84. The lowest BCUT2D eigenvalue weighted by molar-refractivity contribution is 0.0745. The number of pyridine rings is 1. The van der Waals surface area contributed by atoms with E-state index >= 15 is 0 Å². The summed E-state index contributed by atoms with van der Waals surface area (Å²) in [6, 6.07) is 15.8. The van der Waals surface area contributed by atoms with Crippen LogP contribution >= 0.6 is 0 Å². The van der Waals surface area contributed by atoms with E-state index in [1.165, 1.54) is 0 Å². The quantitative estimate of drug-likeness (QED) is 0.296. The zero-order valence-electron chi connectivity index (χ0n) is 24.9. The number of hydrogen-bond donors (Lipinski definition) is 2. The molecule has 0 aliphatic carbocycles. The van der Waals surface area contributed by atoms with Crippen LogP contribution in [0.5, 0.6) is 0 Å². The third kappa shape index (κ3) is 6.82. The Hall–Kier alpha value is -4.80. The van der Waals surface area contributed by atoms with Gasteiger partial charge in [0.1, 0.15) is 23.3 Å². The molecule has 1 fully saturated rings. The number of anilines is 3. The molecule has 2 aromatic heterocycles. The van der Waals surface area contributed by atoms with E-state index in [1.807, 2.05) is 55.1 Å². The first-order chi connectivity index (χ1) is 20.4. The summed E-state index contributed by atoms with van der Waals surface area (Å²) in [5.74, 6) is -0.723. The summed E-state index contributed by atoms with van der Waals surface area (Å²) in [5, 5.41) is 10.6. The van der Waals surface area contributed by atoms with Crippen LogP contribution in [0.2, 0.25) is 0 Å². The number of amides is 3. The molecule has 0 unspecified atom stereocenters. The summed E-state index contributed by atoms with van der Waals surface area (Å²) < 4.78 is 28.9. The number of benzene rings is 2. The summed E-state index contributed by atoms with van der Waals surface area (Å²) in [6.45, 7) is 11.8. The fraction of sp³-hybridized carbons (Fsp3) is 0.312. The Kier molecular flexibility index (Phi) is 8.16. The number of nitrogens with one attached hydrogen (secondary N) is 2. The molecule has 224 valence electrons.